The van der Waals surface area contributed by atoms with Crippen molar-refractivity contribution in [2.45, 2.75) is 171 Å². The molecule has 0 aliphatic carbocycles. The minimum atomic E-state index is -1.75. The van der Waals surface area contributed by atoms with Gasteiger partial charge in [-0.3, -0.25) is 96.4 Å². The Morgan fingerprint density at radius 3 is 1.69 bits per heavy atom. The molecule has 2 aromatic carbocycles. The van der Waals surface area contributed by atoms with Crippen molar-refractivity contribution in [2.75, 3.05) is 129 Å². The number of carbonyl (C=O) groups is 15. The number of aliphatic carboxylic acids is 3. The van der Waals surface area contributed by atoms with E-state index in [1.807, 2.05) is 34.9 Å². The summed E-state index contributed by atoms with van der Waals surface area (Å²) < 4.78 is 0. The maximum Gasteiger partial charge on any atom is 0.317 e. The second-order valence-corrected chi connectivity index (χ2v) is 31.7. The molecule has 0 aromatic heterocycles. The number of unbranched alkanes of at least 4 members (excludes halogenated alkanes) is 2. The maximum absolute atomic E-state index is 15.1. The number of piperazine rings is 1. The summed E-state index contributed by atoms with van der Waals surface area (Å²) in [7, 11) is 0. The number of hydrogen-bond acceptors (Lipinski definition) is 23. The predicted molar refractivity (Wildman–Crippen MR) is 412 cm³/mol. The molecular formula is C76H112N14O19S2. The van der Waals surface area contributed by atoms with E-state index in [0.29, 0.717) is 116 Å². The first-order valence-electron chi connectivity index (χ1n) is 38.4. The summed E-state index contributed by atoms with van der Waals surface area (Å²) in [6, 6.07) is 5.74. The van der Waals surface area contributed by atoms with Crippen LogP contribution in [0.4, 0.5) is 0 Å². The molecule has 35 heteroatoms. The highest BCUT2D eigenvalue weighted by Crippen LogP contribution is 2.31. The molecule has 2 bridgehead atoms. The molecule has 5 heterocycles. The fraction of sp³-hybridized carbons (Fsp3) is 0.645. The van der Waals surface area contributed by atoms with Crippen molar-refractivity contribution in [2.24, 2.45) is 23.3 Å². The van der Waals surface area contributed by atoms with Crippen LogP contribution in [-0.2, 0) is 96.4 Å². The average Bonchev–Trinajstić information content (AvgIpc) is 1.68. The zero-order chi connectivity index (χ0) is 80.8. The smallest absolute Gasteiger partial charge is 0.317 e. The van der Waals surface area contributed by atoms with Crippen LogP contribution in [0.25, 0.3) is 0 Å². The first kappa shape index (κ1) is 89.8. The largest absolute Gasteiger partial charge is 0.481 e. The van der Waals surface area contributed by atoms with Crippen molar-refractivity contribution in [3.8, 4) is 0 Å². The lowest BCUT2D eigenvalue weighted by molar-refractivity contribution is -0.148. The Morgan fingerprint density at radius 1 is 0.595 bits per heavy atom. The van der Waals surface area contributed by atoms with Gasteiger partial charge in [-0.15, -0.1) is 0 Å². The Kier molecular flexibility index (Phi) is 36.6. The van der Waals surface area contributed by atoms with Gasteiger partial charge in [0.2, 0.25) is 53.2 Å². The zero-order valence-electron chi connectivity index (χ0n) is 63.9. The van der Waals surface area contributed by atoms with E-state index in [-0.39, 0.29) is 106 Å². The molecule has 9 amide bonds. The second kappa shape index (κ2) is 45.3. The number of thioether (sulfide) groups is 2. The minimum Gasteiger partial charge on any atom is -0.481 e. The zero-order valence-corrected chi connectivity index (χ0v) is 65.6. The maximum atomic E-state index is 15.1. The first-order chi connectivity index (χ1) is 52.9. The number of carboxylic acids is 3. The molecular weight excluding hydrogens is 1480 g/mol. The van der Waals surface area contributed by atoms with Crippen LogP contribution in [0.1, 0.15) is 126 Å². The van der Waals surface area contributed by atoms with Gasteiger partial charge in [-0.05, 0) is 81.0 Å². The van der Waals surface area contributed by atoms with Gasteiger partial charge in [0.05, 0.1) is 56.6 Å². The number of Topliss-reactive ketones (excluding diaryl/α,β-unsaturated/α-hetero) is 3. The van der Waals surface area contributed by atoms with Gasteiger partial charge < -0.3 is 67.9 Å². The van der Waals surface area contributed by atoms with Gasteiger partial charge in [-0.1, -0.05) is 68.3 Å². The number of ketones is 3. The van der Waals surface area contributed by atoms with Crippen molar-refractivity contribution in [1.29, 1.82) is 0 Å². The Hall–Kier alpha value is -8.45. The summed E-state index contributed by atoms with van der Waals surface area (Å²) in [6.07, 6.45) is -0.496. The van der Waals surface area contributed by atoms with E-state index in [1.165, 1.54) is 47.2 Å². The van der Waals surface area contributed by atoms with Crippen molar-refractivity contribution in [3.63, 3.8) is 0 Å². The molecule has 0 spiro atoms. The number of nitrogens with two attached hydrogens (primary N) is 2. The van der Waals surface area contributed by atoms with Crippen LogP contribution in [0.5, 0.6) is 0 Å². The SMILES string of the molecule is CCCCCC(=O)C[C@H]1CSCc2cc(cc(CN3CCN(C(=O)CN4CCN(CC(=O)O)CCN(CC(C)=O)CCN(CC(=O)O)CC4)CC3)c2)CSC[C@@H](C(=O)N[C@@H](CC(=O)O)C(N)=O)CC(=O)[C@H](Cc2ccccc2)NC(=O)[C@H](CCC(N)=O)NC(=O)[C@H]([C@@H](C)O)NC(=O)[C@@H]2CCCN2C(=O)[C@@H]2CCCN2C1=O. The fourth-order valence-corrected chi connectivity index (χ4v) is 16.8. The highest BCUT2D eigenvalue weighted by Gasteiger charge is 2.45. The van der Waals surface area contributed by atoms with Gasteiger partial charge in [0.25, 0.3) is 0 Å². The van der Waals surface area contributed by atoms with Crippen molar-refractivity contribution in [1.82, 2.24) is 60.5 Å². The molecule has 5 aliphatic heterocycles. The van der Waals surface area contributed by atoms with Crippen LogP contribution in [0, 0.1) is 11.8 Å². The third-order valence-corrected chi connectivity index (χ3v) is 23.0. The van der Waals surface area contributed by atoms with E-state index in [4.69, 9.17) is 11.5 Å². The molecule has 0 saturated carbocycles. The summed E-state index contributed by atoms with van der Waals surface area (Å²) in [5, 5.41) is 50.7. The lowest BCUT2D eigenvalue weighted by atomic mass is 9.94. The third kappa shape index (κ3) is 29.9. The van der Waals surface area contributed by atoms with Gasteiger partial charge in [-0.25, -0.2) is 0 Å². The molecule has 5 aliphatic rings. The van der Waals surface area contributed by atoms with Gasteiger partial charge in [0, 0.05) is 147 Å². The molecule has 9 atom stereocenters. The number of fused-ring (bicyclic) bond motifs is 4. The number of carboxylic acid groups (broad SMARTS) is 3. The third-order valence-electron chi connectivity index (χ3n) is 20.6. The van der Waals surface area contributed by atoms with Crippen LogP contribution in [-0.4, -0.2) is 320 Å². The average molecular weight is 1590 g/mol. The molecule has 111 heavy (non-hydrogen) atoms. The molecule has 4 saturated heterocycles. The molecule has 612 valence electrons. The summed E-state index contributed by atoms with van der Waals surface area (Å²) in [5.41, 5.74) is 14.2. The highest BCUT2D eigenvalue weighted by molar-refractivity contribution is 7.98. The number of nitrogens with one attached hydrogen (secondary N) is 4. The highest BCUT2D eigenvalue weighted by atomic mass is 32.2. The number of aliphatic hydroxyl groups is 1. The normalized spacial score (nSPS) is 23.7. The number of amides is 9. The second-order valence-electron chi connectivity index (χ2n) is 29.7. The van der Waals surface area contributed by atoms with Crippen LogP contribution in [0.3, 0.4) is 0 Å². The van der Waals surface area contributed by atoms with E-state index in [2.05, 4.69) is 26.2 Å². The quantitative estimate of drug-likeness (QED) is 0.0494. The van der Waals surface area contributed by atoms with Gasteiger partial charge in [0.15, 0.2) is 5.78 Å². The van der Waals surface area contributed by atoms with Crippen LogP contribution < -0.4 is 32.7 Å². The Labute approximate surface area is 656 Å². The summed E-state index contributed by atoms with van der Waals surface area (Å²) in [4.78, 5) is 219. The predicted octanol–water partition coefficient (Wildman–Crippen LogP) is -0.708. The van der Waals surface area contributed by atoms with Crippen molar-refractivity contribution in [3.05, 3.63) is 70.8 Å². The molecule has 2 aromatic rings. The van der Waals surface area contributed by atoms with Gasteiger partial charge in [0.1, 0.15) is 41.8 Å². The standard InChI is InChI=1S/C76H112N14O19S2/c1-4-5-7-14-57(93)37-56-48-111-46-54-34-52(41-84-29-31-88(32-30-84)65(96)42-85-23-27-86(43-67(99)100)25-21-83(40-49(2)91)22-26-87(28-24-85)44-68(101)102)33-53(35-54)45-110-47-55(71(104)81-60(70(78)103)39-66(97)98)38-63(94)59(36-51-12-8-6-9-13-51)80-72(105)58(17-18-64(77)95)79-74(107)69(50(3)92)82-73(106)61-15-10-19-89(61)76(109)62-16-11-20-90(62)75(56)108/h6,8-9,12-13,33-35,50,55-56,58-62,69,92H,4-5,7,10-11,14-32,36-48H2,1-3H3,(H2,77,95)(H2,78,103)(H,79,107)(H,80,105)(H,81,104)(H,82,106)(H,97,98)(H,99,100)(H,101,102)/t50-,55+,56+,58+,59+,60+,61+,62+,69+/m1/s1. The van der Waals surface area contributed by atoms with E-state index in [0.717, 1.165) is 29.5 Å². The molecule has 33 nitrogen and oxygen atoms in total. The van der Waals surface area contributed by atoms with E-state index < -0.39 is 151 Å². The fourth-order valence-electron chi connectivity index (χ4n) is 14.7. The molecule has 0 radical (unpaired) electrons. The number of primary amides is 2. The number of rotatable bonds is 27. The number of carbonyl (C=O) groups excluding carboxylic acids is 12. The minimum absolute atomic E-state index is 0.0164. The van der Waals surface area contributed by atoms with Crippen LogP contribution >= 0.6 is 23.5 Å². The Bertz CT molecular complexity index is 3560. The lowest BCUT2D eigenvalue weighted by Crippen LogP contribution is -2.61. The number of nitrogens with zero attached hydrogens (tertiary/aromatic N) is 8. The molecule has 4 fully saturated rings. The molecule has 7 rings (SSSR count). The first-order valence-corrected chi connectivity index (χ1v) is 40.7. The summed E-state index contributed by atoms with van der Waals surface area (Å²) >= 11 is 2.65. The van der Waals surface area contributed by atoms with E-state index in [9.17, 15) is 82.8 Å². The Balaban J connectivity index is 1.21. The van der Waals surface area contributed by atoms with E-state index >= 15 is 9.59 Å². The number of hydrogen-bond donors (Lipinski definition) is 10. The van der Waals surface area contributed by atoms with Gasteiger partial charge in [-0.2, -0.15) is 23.5 Å². The summed E-state index contributed by atoms with van der Waals surface area (Å²) in [6.45, 7) is 9.17. The Morgan fingerprint density at radius 2 is 1.14 bits per heavy atom. The van der Waals surface area contributed by atoms with Gasteiger partial charge >= 0.3 is 17.9 Å². The lowest BCUT2D eigenvalue weighted by Gasteiger charge is -2.37. The van der Waals surface area contributed by atoms with Crippen LogP contribution in [0.15, 0.2) is 48.5 Å². The van der Waals surface area contributed by atoms with Crippen molar-refractivity contribution < 1.29 is 92.3 Å². The summed E-state index contributed by atoms with van der Waals surface area (Å²) in [5.74, 6) is -12.9. The van der Waals surface area contributed by atoms with E-state index in [1.54, 1.807) is 45.0 Å². The van der Waals surface area contributed by atoms with Crippen molar-refractivity contribution >= 4 is 112 Å². The topological polar surface area (TPSA) is 463 Å². The number of aliphatic hydroxyl groups excluding tert-OH is 1. The number of benzene rings is 2. The molecule has 0 unspecified atom stereocenters. The van der Waals surface area contributed by atoms with Crippen LogP contribution in [0.2, 0.25) is 0 Å². The monoisotopic (exact) mass is 1590 g/mol. The molecule has 12 N–H and O–H groups in total.